The van der Waals surface area contributed by atoms with Gasteiger partial charge >= 0.3 is 0 Å². The van der Waals surface area contributed by atoms with Crippen molar-refractivity contribution in [2.45, 2.75) is 44.7 Å². The van der Waals surface area contributed by atoms with Crippen LogP contribution in [0.2, 0.25) is 0 Å². The number of aromatic amines is 1. The van der Waals surface area contributed by atoms with Gasteiger partial charge in [0.15, 0.2) is 0 Å². The summed E-state index contributed by atoms with van der Waals surface area (Å²) in [6.07, 6.45) is 6.15. The minimum Gasteiger partial charge on any atom is -0.395 e. The lowest BCUT2D eigenvalue weighted by Gasteiger charge is -2.33. The molecule has 0 aromatic carbocycles. The number of fused-ring (bicyclic) bond motifs is 1. The summed E-state index contributed by atoms with van der Waals surface area (Å²) in [5, 5.41) is 11.2. The molecular formula is C15H21N3O2S. The van der Waals surface area contributed by atoms with Crippen LogP contribution in [0, 0.1) is 0 Å². The van der Waals surface area contributed by atoms with Gasteiger partial charge in [-0.15, -0.1) is 11.3 Å². The van der Waals surface area contributed by atoms with Gasteiger partial charge in [0.1, 0.15) is 10.5 Å². The van der Waals surface area contributed by atoms with Crippen molar-refractivity contribution in [3.05, 3.63) is 27.6 Å². The SMILES string of the molecule is O=c1[nH]c(CN(CCO)C2CCCCC2)nc2ccsc12. The standard InChI is InChI=1S/C15H21N3O2S/c19-8-7-18(11-4-2-1-3-5-11)10-13-16-12-6-9-21-14(12)15(20)17-13/h6,9,11,19H,1-5,7-8,10H2,(H,16,17,20). The normalized spacial score (nSPS) is 16.9. The molecule has 1 aliphatic rings. The van der Waals surface area contributed by atoms with Gasteiger partial charge < -0.3 is 10.1 Å². The highest BCUT2D eigenvalue weighted by Crippen LogP contribution is 2.23. The number of thiophene rings is 1. The summed E-state index contributed by atoms with van der Waals surface area (Å²) in [5.41, 5.74) is 0.712. The lowest BCUT2D eigenvalue weighted by Crippen LogP contribution is -2.39. The third-order valence-corrected chi connectivity index (χ3v) is 5.10. The van der Waals surface area contributed by atoms with Gasteiger partial charge in [0.2, 0.25) is 0 Å². The molecule has 0 aliphatic heterocycles. The summed E-state index contributed by atoms with van der Waals surface area (Å²) in [4.78, 5) is 21.7. The number of aromatic nitrogens is 2. The van der Waals surface area contributed by atoms with E-state index in [4.69, 9.17) is 0 Å². The zero-order valence-electron chi connectivity index (χ0n) is 12.0. The van der Waals surface area contributed by atoms with Gasteiger partial charge in [-0.2, -0.15) is 0 Å². The Bertz CT molecular complexity index is 646. The van der Waals surface area contributed by atoms with E-state index in [2.05, 4.69) is 14.9 Å². The van der Waals surface area contributed by atoms with E-state index < -0.39 is 0 Å². The molecule has 21 heavy (non-hydrogen) atoms. The zero-order chi connectivity index (χ0) is 14.7. The molecule has 0 radical (unpaired) electrons. The fraction of sp³-hybridized carbons (Fsp3) is 0.600. The van der Waals surface area contributed by atoms with Crippen LogP contribution in [0.5, 0.6) is 0 Å². The molecule has 0 unspecified atom stereocenters. The molecule has 114 valence electrons. The molecule has 0 bridgehead atoms. The topological polar surface area (TPSA) is 69.2 Å². The minimum absolute atomic E-state index is 0.0578. The maximum atomic E-state index is 12.0. The number of H-pyrrole nitrogens is 1. The summed E-state index contributed by atoms with van der Waals surface area (Å²) in [6, 6.07) is 2.38. The Morgan fingerprint density at radius 2 is 2.19 bits per heavy atom. The van der Waals surface area contributed by atoms with Crippen molar-refractivity contribution in [2.24, 2.45) is 0 Å². The Hall–Kier alpha value is -1.24. The first kappa shape index (κ1) is 14.7. The highest BCUT2D eigenvalue weighted by Gasteiger charge is 2.21. The summed E-state index contributed by atoms with van der Waals surface area (Å²) >= 11 is 1.42. The highest BCUT2D eigenvalue weighted by atomic mass is 32.1. The van der Waals surface area contributed by atoms with Crippen LogP contribution in [-0.2, 0) is 6.54 Å². The molecule has 2 heterocycles. The van der Waals surface area contributed by atoms with E-state index in [1.807, 2.05) is 11.4 Å². The van der Waals surface area contributed by atoms with Gasteiger partial charge in [0.05, 0.1) is 18.7 Å². The van der Waals surface area contributed by atoms with Crippen LogP contribution in [0.4, 0.5) is 0 Å². The maximum absolute atomic E-state index is 12.0. The van der Waals surface area contributed by atoms with Crippen LogP contribution < -0.4 is 5.56 Å². The van der Waals surface area contributed by atoms with Crippen LogP contribution in [0.15, 0.2) is 16.2 Å². The summed E-state index contributed by atoms with van der Waals surface area (Å²) in [7, 11) is 0. The molecular weight excluding hydrogens is 286 g/mol. The van der Waals surface area contributed by atoms with Crippen LogP contribution in [0.25, 0.3) is 10.2 Å². The number of aliphatic hydroxyl groups is 1. The second-order valence-electron chi connectivity index (χ2n) is 5.63. The molecule has 0 amide bonds. The van der Waals surface area contributed by atoms with Gasteiger partial charge in [-0.05, 0) is 24.3 Å². The van der Waals surface area contributed by atoms with Crippen LogP contribution in [-0.4, -0.2) is 39.2 Å². The van der Waals surface area contributed by atoms with E-state index in [-0.39, 0.29) is 12.2 Å². The number of nitrogens with one attached hydrogen (secondary N) is 1. The molecule has 5 nitrogen and oxygen atoms in total. The van der Waals surface area contributed by atoms with Gasteiger partial charge in [-0.25, -0.2) is 4.98 Å². The summed E-state index contributed by atoms with van der Waals surface area (Å²) in [6.45, 7) is 1.38. The first-order valence-electron chi connectivity index (χ1n) is 7.59. The van der Waals surface area contributed by atoms with E-state index in [1.165, 1.54) is 43.4 Å². The average molecular weight is 307 g/mol. The molecule has 2 aromatic rings. The van der Waals surface area contributed by atoms with E-state index in [9.17, 15) is 9.90 Å². The average Bonchev–Trinajstić information content (AvgIpc) is 2.97. The van der Waals surface area contributed by atoms with E-state index in [0.717, 1.165) is 5.52 Å². The van der Waals surface area contributed by atoms with E-state index in [0.29, 0.717) is 29.7 Å². The van der Waals surface area contributed by atoms with Crippen molar-refractivity contribution in [1.82, 2.24) is 14.9 Å². The molecule has 3 rings (SSSR count). The fourth-order valence-corrected chi connectivity index (χ4v) is 3.88. The Morgan fingerprint density at radius 3 is 2.95 bits per heavy atom. The van der Waals surface area contributed by atoms with Crippen molar-refractivity contribution in [1.29, 1.82) is 0 Å². The smallest absolute Gasteiger partial charge is 0.268 e. The molecule has 1 aliphatic carbocycles. The van der Waals surface area contributed by atoms with E-state index in [1.54, 1.807) is 0 Å². The molecule has 6 heteroatoms. The van der Waals surface area contributed by atoms with Crippen LogP contribution in [0.3, 0.4) is 0 Å². The quantitative estimate of drug-likeness (QED) is 0.887. The molecule has 0 spiro atoms. The molecule has 0 saturated heterocycles. The summed E-state index contributed by atoms with van der Waals surface area (Å²) in [5.74, 6) is 0.699. The molecule has 1 saturated carbocycles. The number of aliphatic hydroxyl groups excluding tert-OH is 1. The van der Waals surface area contributed by atoms with Gasteiger partial charge in [-0.3, -0.25) is 9.69 Å². The molecule has 0 atom stereocenters. The van der Waals surface area contributed by atoms with Crippen molar-refractivity contribution in [2.75, 3.05) is 13.2 Å². The largest absolute Gasteiger partial charge is 0.395 e. The summed E-state index contributed by atoms with van der Waals surface area (Å²) < 4.78 is 0.685. The molecule has 2 N–H and O–H groups in total. The van der Waals surface area contributed by atoms with Crippen molar-refractivity contribution >= 4 is 21.6 Å². The second kappa shape index (κ2) is 6.68. The van der Waals surface area contributed by atoms with E-state index >= 15 is 0 Å². The first-order valence-corrected chi connectivity index (χ1v) is 8.47. The van der Waals surface area contributed by atoms with Gasteiger partial charge in [0.25, 0.3) is 5.56 Å². The third kappa shape index (κ3) is 3.33. The predicted molar refractivity (Wildman–Crippen MR) is 84.6 cm³/mol. The number of hydrogen-bond acceptors (Lipinski definition) is 5. The zero-order valence-corrected chi connectivity index (χ0v) is 12.9. The van der Waals surface area contributed by atoms with Gasteiger partial charge in [0, 0.05) is 12.6 Å². The Kier molecular flexibility index (Phi) is 4.67. The fourth-order valence-electron chi connectivity index (χ4n) is 3.15. The number of hydrogen-bond donors (Lipinski definition) is 2. The monoisotopic (exact) mass is 307 g/mol. The Labute approximate surface area is 127 Å². The second-order valence-corrected chi connectivity index (χ2v) is 6.55. The molecule has 1 fully saturated rings. The first-order chi connectivity index (χ1) is 10.3. The van der Waals surface area contributed by atoms with Gasteiger partial charge in [-0.1, -0.05) is 19.3 Å². The van der Waals surface area contributed by atoms with Crippen molar-refractivity contribution in [3.8, 4) is 0 Å². The Morgan fingerprint density at radius 1 is 1.38 bits per heavy atom. The third-order valence-electron chi connectivity index (χ3n) is 4.20. The maximum Gasteiger partial charge on any atom is 0.268 e. The van der Waals surface area contributed by atoms with Crippen molar-refractivity contribution in [3.63, 3.8) is 0 Å². The number of rotatable bonds is 5. The van der Waals surface area contributed by atoms with Crippen molar-refractivity contribution < 1.29 is 5.11 Å². The highest BCUT2D eigenvalue weighted by molar-refractivity contribution is 7.17. The predicted octanol–water partition coefficient (Wildman–Crippen LogP) is 2.11. The van der Waals surface area contributed by atoms with Crippen LogP contribution >= 0.6 is 11.3 Å². The molecule has 2 aromatic heterocycles. The number of nitrogens with zero attached hydrogens (tertiary/aromatic N) is 2. The minimum atomic E-state index is -0.0578. The van der Waals surface area contributed by atoms with Crippen LogP contribution in [0.1, 0.15) is 37.9 Å². The lowest BCUT2D eigenvalue weighted by atomic mass is 9.94. The lowest BCUT2D eigenvalue weighted by molar-refractivity contribution is 0.114. The Balaban J connectivity index is 1.81.